The molecule has 0 aliphatic carbocycles. The molecule has 1 aliphatic rings. The molecule has 0 atom stereocenters. The number of benzene rings is 1. The van der Waals surface area contributed by atoms with Gasteiger partial charge in [-0.3, -0.25) is 4.84 Å². The van der Waals surface area contributed by atoms with Gasteiger partial charge in [-0.15, -0.1) is 0 Å². The van der Waals surface area contributed by atoms with Crippen molar-refractivity contribution in [2.45, 2.75) is 0 Å². The lowest BCUT2D eigenvalue weighted by atomic mass is 10.2. The van der Waals surface area contributed by atoms with Crippen molar-refractivity contribution in [3.63, 3.8) is 0 Å². The van der Waals surface area contributed by atoms with E-state index in [-0.39, 0.29) is 0 Å². The minimum atomic E-state index is 0.570. The van der Waals surface area contributed by atoms with Gasteiger partial charge in [-0.1, -0.05) is 18.2 Å². The van der Waals surface area contributed by atoms with Crippen molar-refractivity contribution in [3.8, 4) is 0 Å². The van der Waals surface area contributed by atoms with Gasteiger partial charge in [-0.2, -0.15) is 5.06 Å². The summed E-state index contributed by atoms with van der Waals surface area (Å²) in [7, 11) is 4.77. The molecule has 1 heterocycles. The number of methoxy groups -OCH3 is 2. The van der Waals surface area contributed by atoms with E-state index in [0.29, 0.717) is 11.8 Å². The number of fused-ring (bicyclic) bond motifs is 1. The van der Waals surface area contributed by atoms with E-state index in [4.69, 9.17) is 14.3 Å². The third kappa shape index (κ3) is 1.99. The van der Waals surface area contributed by atoms with Gasteiger partial charge in [-0.25, -0.2) is 0 Å². The molecule has 0 N–H and O–H groups in total. The van der Waals surface area contributed by atoms with Crippen LogP contribution in [0.1, 0.15) is 0 Å². The Hall–Kier alpha value is -1.94. The number of hydrogen-bond acceptors (Lipinski definition) is 4. The minimum absolute atomic E-state index is 0.570. The first-order chi connectivity index (χ1) is 8.31. The Balaban J connectivity index is 2.74. The highest BCUT2D eigenvalue weighted by Gasteiger charge is 2.18. The van der Waals surface area contributed by atoms with E-state index in [1.54, 1.807) is 21.3 Å². The quantitative estimate of drug-likeness (QED) is 0.762. The normalized spacial score (nSPS) is 14.4. The summed E-state index contributed by atoms with van der Waals surface area (Å²) >= 11 is 0. The molecule has 1 aliphatic heterocycles. The van der Waals surface area contributed by atoms with E-state index in [1.807, 2.05) is 36.4 Å². The highest BCUT2D eigenvalue weighted by molar-refractivity contribution is 5.48. The van der Waals surface area contributed by atoms with E-state index in [9.17, 15) is 0 Å². The van der Waals surface area contributed by atoms with E-state index in [0.717, 1.165) is 10.4 Å². The maximum absolute atomic E-state index is 5.41. The summed E-state index contributed by atoms with van der Waals surface area (Å²) in [5.41, 5.74) is 0. The third-order valence-electron chi connectivity index (χ3n) is 2.57. The standard InChI is InChI=1S/C13H15NO3/c1-15-12-9-8-10-6-4-5-7-11(10)13(16-2)14(12)17-3/h4-9H,1-3H3. The van der Waals surface area contributed by atoms with E-state index in [2.05, 4.69) is 0 Å². The molecule has 17 heavy (non-hydrogen) atoms. The Morgan fingerprint density at radius 2 is 1.71 bits per heavy atom. The van der Waals surface area contributed by atoms with Gasteiger partial charge < -0.3 is 9.47 Å². The molecule has 2 rings (SSSR count). The third-order valence-corrected chi connectivity index (χ3v) is 2.57. The zero-order valence-electron chi connectivity index (χ0n) is 10.1. The Labute approximate surface area is 100.0 Å². The van der Waals surface area contributed by atoms with Crippen LogP contribution in [-0.2, 0) is 14.3 Å². The van der Waals surface area contributed by atoms with Crippen LogP contribution in [0.15, 0.2) is 36.2 Å². The molecule has 0 fully saturated rings. The van der Waals surface area contributed by atoms with Crippen LogP contribution in [0.25, 0.3) is 12.0 Å². The van der Waals surface area contributed by atoms with Gasteiger partial charge in [0.25, 0.3) is 0 Å². The topological polar surface area (TPSA) is 30.9 Å². The first-order valence-electron chi connectivity index (χ1n) is 5.25. The van der Waals surface area contributed by atoms with Gasteiger partial charge in [0.1, 0.15) is 0 Å². The molecule has 0 spiro atoms. The summed E-state index contributed by atoms with van der Waals surface area (Å²) in [6.07, 6.45) is 3.81. The van der Waals surface area contributed by atoms with E-state index < -0.39 is 0 Å². The Bertz CT molecular complexity index is 548. The molecular weight excluding hydrogens is 218 g/mol. The van der Waals surface area contributed by atoms with Gasteiger partial charge in [-0.05, 0) is 17.4 Å². The van der Waals surface area contributed by atoms with Crippen LogP contribution in [0.5, 0.6) is 0 Å². The zero-order chi connectivity index (χ0) is 12.3. The van der Waals surface area contributed by atoms with Crippen LogP contribution < -0.4 is 10.4 Å². The summed E-state index contributed by atoms with van der Waals surface area (Å²) in [5.74, 6) is 1.17. The minimum Gasteiger partial charge on any atom is -0.481 e. The van der Waals surface area contributed by atoms with Crippen LogP contribution >= 0.6 is 0 Å². The van der Waals surface area contributed by atoms with Crippen molar-refractivity contribution in [1.82, 2.24) is 5.06 Å². The molecule has 4 nitrogen and oxygen atoms in total. The Morgan fingerprint density at radius 1 is 0.941 bits per heavy atom. The average molecular weight is 233 g/mol. The average Bonchev–Trinajstić information content (AvgIpc) is 2.54. The van der Waals surface area contributed by atoms with Crippen molar-refractivity contribution < 1.29 is 14.3 Å². The summed E-state index contributed by atoms with van der Waals surface area (Å²) in [4.78, 5) is 5.29. The fourth-order valence-electron chi connectivity index (χ4n) is 1.79. The molecule has 90 valence electrons. The zero-order valence-corrected chi connectivity index (χ0v) is 10.1. The van der Waals surface area contributed by atoms with Crippen molar-refractivity contribution in [1.29, 1.82) is 0 Å². The van der Waals surface area contributed by atoms with Crippen molar-refractivity contribution >= 4 is 12.0 Å². The second kappa shape index (κ2) is 4.93. The van der Waals surface area contributed by atoms with Gasteiger partial charge >= 0.3 is 0 Å². The molecule has 1 aromatic rings. The summed E-state index contributed by atoms with van der Waals surface area (Å²) in [5, 5.41) is 3.53. The first kappa shape index (κ1) is 11.5. The number of ether oxygens (including phenoxy) is 2. The molecule has 0 radical (unpaired) electrons. The maximum Gasteiger partial charge on any atom is 0.229 e. The molecule has 0 bridgehead atoms. The fourth-order valence-corrected chi connectivity index (χ4v) is 1.79. The van der Waals surface area contributed by atoms with Crippen molar-refractivity contribution in [3.05, 3.63) is 46.7 Å². The monoisotopic (exact) mass is 233 g/mol. The van der Waals surface area contributed by atoms with Crippen molar-refractivity contribution in [2.24, 2.45) is 0 Å². The van der Waals surface area contributed by atoms with E-state index >= 15 is 0 Å². The first-order valence-corrected chi connectivity index (χ1v) is 5.25. The Kier molecular flexibility index (Phi) is 3.35. The SMILES string of the molecule is COC1=CC=c2ccccc2=C(OC)N1OC. The number of allylic oxidation sites excluding steroid dienone is 1. The second-order valence-corrected chi connectivity index (χ2v) is 3.45. The summed E-state index contributed by atoms with van der Waals surface area (Å²) in [6, 6.07) is 7.92. The lowest BCUT2D eigenvalue weighted by Crippen LogP contribution is -2.33. The molecule has 1 aromatic carbocycles. The van der Waals surface area contributed by atoms with Gasteiger partial charge in [0, 0.05) is 11.3 Å². The van der Waals surface area contributed by atoms with Crippen LogP contribution in [0.4, 0.5) is 0 Å². The molecule has 0 amide bonds. The predicted molar refractivity (Wildman–Crippen MR) is 64.5 cm³/mol. The van der Waals surface area contributed by atoms with Crippen LogP contribution in [-0.4, -0.2) is 26.4 Å². The molecule has 4 heteroatoms. The number of nitrogens with zero attached hydrogens (tertiary/aromatic N) is 1. The number of hydrogen-bond donors (Lipinski definition) is 0. The number of rotatable bonds is 3. The van der Waals surface area contributed by atoms with Gasteiger partial charge in [0.15, 0.2) is 0 Å². The van der Waals surface area contributed by atoms with Crippen LogP contribution in [0, 0.1) is 0 Å². The lowest BCUT2D eigenvalue weighted by Gasteiger charge is -2.23. The summed E-state index contributed by atoms with van der Waals surface area (Å²) < 4.78 is 10.7. The molecule has 0 saturated carbocycles. The molecular formula is C13H15NO3. The highest BCUT2D eigenvalue weighted by Crippen LogP contribution is 2.15. The second-order valence-electron chi connectivity index (χ2n) is 3.45. The lowest BCUT2D eigenvalue weighted by molar-refractivity contribution is -0.108. The van der Waals surface area contributed by atoms with E-state index in [1.165, 1.54) is 5.06 Å². The van der Waals surface area contributed by atoms with Gasteiger partial charge in [0.2, 0.25) is 11.8 Å². The fraction of sp³-hybridized carbons (Fsp3) is 0.231. The maximum atomic E-state index is 5.41. The van der Waals surface area contributed by atoms with Crippen molar-refractivity contribution in [2.75, 3.05) is 21.3 Å². The largest absolute Gasteiger partial charge is 0.481 e. The molecule has 0 aromatic heterocycles. The molecule has 0 unspecified atom stereocenters. The molecule has 0 saturated heterocycles. The highest BCUT2D eigenvalue weighted by atomic mass is 16.7. The summed E-state index contributed by atoms with van der Waals surface area (Å²) in [6.45, 7) is 0. The predicted octanol–water partition coefficient (Wildman–Crippen LogP) is 0.544. The van der Waals surface area contributed by atoms with Gasteiger partial charge in [0.05, 0.1) is 21.3 Å². The number of hydroxylamine groups is 2. The Morgan fingerprint density at radius 3 is 2.35 bits per heavy atom. The smallest absolute Gasteiger partial charge is 0.229 e. The van der Waals surface area contributed by atoms with Crippen LogP contribution in [0.2, 0.25) is 0 Å². The van der Waals surface area contributed by atoms with Crippen LogP contribution in [0.3, 0.4) is 0 Å².